The number of nitrogens with zero attached hydrogens (tertiary/aromatic N) is 1. The lowest BCUT2D eigenvalue weighted by Crippen LogP contribution is -2.53. The molecule has 4 amide bonds. The minimum Gasteiger partial charge on any atom is -0.454 e. The van der Waals surface area contributed by atoms with Crippen LogP contribution in [-0.4, -0.2) is 41.4 Å². The zero-order valence-electron chi connectivity index (χ0n) is 19.9. The summed E-state index contributed by atoms with van der Waals surface area (Å²) in [7, 11) is 0. The normalized spacial score (nSPS) is 27.6. The molecule has 0 aliphatic carbocycles. The van der Waals surface area contributed by atoms with E-state index in [-0.39, 0.29) is 38.0 Å². The number of ether oxygens (including phenoxy) is 2. The molecule has 4 N–H and O–H groups in total. The fourth-order valence-electron chi connectivity index (χ4n) is 6.24. The topological polar surface area (TPSA) is 140 Å². The van der Waals surface area contributed by atoms with Gasteiger partial charge in [0.25, 0.3) is 0 Å². The van der Waals surface area contributed by atoms with Gasteiger partial charge in [-0.15, -0.1) is 0 Å². The number of imide groups is 1. The van der Waals surface area contributed by atoms with Crippen molar-refractivity contribution in [2.75, 3.05) is 12.1 Å². The van der Waals surface area contributed by atoms with Crippen LogP contribution >= 0.6 is 0 Å². The summed E-state index contributed by atoms with van der Waals surface area (Å²) >= 11 is 0. The minimum atomic E-state index is -1.41. The summed E-state index contributed by atoms with van der Waals surface area (Å²) in [5.74, 6) is -2.25. The van der Waals surface area contributed by atoms with Crippen molar-refractivity contribution in [2.45, 2.75) is 44.8 Å². The molecule has 2 aromatic carbocycles. The number of nitrogens with one attached hydrogen (secondary N) is 2. The van der Waals surface area contributed by atoms with E-state index in [1.807, 2.05) is 26.0 Å². The molecular formula is C26H26N4O6. The second-order valence-electron chi connectivity index (χ2n) is 9.98. The Morgan fingerprint density at radius 3 is 2.67 bits per heavy atom. The largest absolute Gasteiger partial charge is 0.454 e. The molecule has 0 unspecified atom stereocenters. The molecule has 0 bridgehead atoms. The highest BCUT2D eigenvalue weighted by atomic mass is 16.7. The van der Waals surface area contributed by atoms with Crippen molar-refractivity contribution >= 4 is 29.3 Å². The standard InChI is InChI=1S/C26H26N4O6/c1-12-7-13(2)22-15(8-12)26(25(34)28-22)21-20(16(29-26)4-6-19(27)31)23(32)30(24(21)33)10-14-3-5-17-18(9-14)36-11-35-17/h3,5,7-9,16,20-21,29H,4,6,10-11H2,1-2H3,(H2,27,31)(H,28,34)/t16-,20+,21-,26+/m0/s1. The van der Waals surface area contributed by atoms with Crippen LogP contribution in [0.5, 0.6) is 11.5 Å². The van der Waals surface area contributed by atoms with Gasteiger partial charge in [0.15, 0.2) is 11.5 Å². The van der Waals surface area contributed by atoms with E-state index in [0.717, 1.165) is 11.1 Å². The second-order valence-corrected chi connectivity index (χ2v) is 9.98. The molecule has 2 aromatic rings. The van der Waals surface area contributed by atoms with Gasteiger partial charge in [0.1, 0.15) is 5.54 Å². The van der Waals surface area contributed by atoms with E-state index in [9.17, 15) is 19.2 Å². The Labute approximate surface area is 207 Å². The van der Waals surface area contributed by atoms with Gasteiger partial charge >= 0.3 is 0 Å². The fraction of sp³-hybridized carbons (Fsp3) is 0.385. The van der Waals surface area contributed by atoms with Gasteiger partial charge in [-0.2, -0.15) is 0 Å². The molecule has 2 saturated heterocycles. The third-order valence-corrected chi connectivity index (χ3v) is 7.74. The van der Waals surface area contributed by atoms with Crippen molar-refractivity contribution in [2.24, 2.45) is 17.6 Å². The van der Waals surface area contributed by atoms with Gasteiger partial charge in [-0.3, -0.25) is 29.4 Å². The lowest BCUT2D eigenvalue weighted by molar-refractivity contribution is -0.143. The van der Waals surface area contributed by atoms with Crippen LogP contribution in [0.1, 0.15) is 35.1 Å². The van der Waals surface area contributed by atoms with Crippen molar-refractivity contribution in [3.8, 4) is 11.5 Å². The van der Waals surface area contributed by atoms with E-state index in [1.165, 1.54) is 4.90 Å². The van der Waals surface area contributed by atoms with Crippen molar-refractivity contribution in [1.29, 1.82) is 0 Å². The number of carbonyl (C=O) groups is 4. The zero-order chi connectivity index (χ0) is 25.4. The first kappa shape index (κ1) is 22.5. The van der Waals surface area contributed by atoms with Crippen LogP contribution < -0.4 is 25.8 Å². The zero-order valence-corrected chi connectivity index (χ0v) is 19.9. The molecule has 36 heavy (non-hydrogen) atoms. The Morgan fingerprint density at radius 1 is 1.11 bits per heavy atom. The predicted octanol–water partition coefficient (Wildman–Crippen LogP) is 1.22. The average Bonchev–Trinajstić information content (AvgIpc) is 3.55. The third kappa shape index (κ3) is 3.07. The molecule has 1 spiro atoms. The molecular weight excluding hydrogens is 464 g/mol. The highest BCUT2D eigenvalue weighted by Gasteiger charge is 2.70. The van der Waals surface area contributed by atoms with Crippen molar-refractivity contribution < 1.29 is 28.7 Å². The highest BCUT2D eigenvalue weighted by molar-refractivity contribution is 6.15. The van der Waals surface area contributed by atoms with E-state index < -0.39 is 35.2 Å². The molecule has 186 valence electrons. The SMILES string of the molecule is Cc1cc(C)c2c(c1)[C@]1(N[C@@H](CCC(N)=O)[C@H]3C(=O)N(Cc4ccc5c(c4)OCO5)C(=O)[C@H]31)C(=O)N2. The van der Waals surface area contributed by atoms with Crippen LogP contribution in [0.4, 0.5) is 5.69 Å². The Bertz CT molecular complexity index is 1360. The number of hydrogen-bond acceptors (Lipinski definition) is 7. The molecule has 4 aliphatic heterocycles. The maximum atomic E-state index is 13.9. The summed E-state index contributed by atoms with van der Waals surface area (Å²) in [5.41, 5.74) is 7.83. The Morgan fingerprint density at radius 2 is 1.89 bits per heavy atom. The van der Waals surface area contributed by atoms with Gasteiger partial charge in [-0.05, 0) is 43.5 Å². The van der Waals surface area contributed by atoms with Crippen molar-refractivity contribution in [1.82, 2.24) is 10.2 Å². The first-order chi connectivity index (χ1) is 17.2. The molecule has 4 heterocycles. The summed E-state index contributed by atoms with van der Waals surface area (Å²) in [6, 6.07) is 8.56. The smallest absolute Gasteiger partial charge is 0.250 e. The highest BCUT2D eigenvalue weighted by Crippen LogP contribution is 2.54. The molecule has 6 rings (SSSR count). The number of likely N-dealkylation sites (tertiary alicyclic amines) is 1. The first-order valence-electron chi connectivity index (χ1n) is 11.9. The number of anilines is 1. The van der Waals surface area contributed by atoms with Gasteiger partial charge in [0.05, 0.1) is 18.4 Å². The molecule has 0 saturated carbocycles. The number of rotatable bonds is 5. The number of fused-ring (bicyclic) bond motifs is 5. The van der Waals surface area contributed by atoms with Gasteiger partial charge < -0.3 is 20.5 Å². The Balaban J connectivity index is 1.42. The first-order valence-corrected chi connectivity index (χ1v) is 11.9. The summed E-state index contributed by atoms with van der Waals surface area (Å²) < 4.78 is 10.8. The number of primary amides is 1. The summed E-state index contributed by atoms with van der Waals surface area (Å²) in [6.45, 7) is 3.99. The fourth-order valence-corrected chi connectivity index (χ4v) is 6.24. The van der Waals surface area contributed by atoms with Crippen molar-refractivity contribution in [3.63, 3.8) is 0 Å². The second kappa shape index (κ2) is 7.79. The van der Waals surface area contributed by atoms with Crippen LogP contribution in [-0.2, 0) is 31.3 Å². The molecule has 10 nitrogen and oxygen atoms in total. The van der Waals surface area contributed by atoms with E-state index in [2.05, 4.69) is 10.6 Å². The molecule has 2 fully saturated rings. The number of benzene rings is 2. The van der Waals surface area contributed by atoms with Gasteiger partial charge in [0, 0.05) is 23.7 Å². The monoisotopic (exact) mass is 490 g/mol. The molecule has 0 radical (unpaired) electrons. The van der Waals surface area contributed by atoms with Crippen LogP contribution in [0.15, 0.2) is 30.3 Å². The lowest BCUT2D eigenvalue weighted by Gasteiger charge is -2.30. The quantitative estimate of drug-likeness (QED) is 0.536. The van der Waals surface area contributed by atoms with E-state index in [0.29, 0.717) is 28.3 Å². The molecule has 4 atom stereocenters. The summed E-state index contributed by atoms with van der Waals surface area (Å²) in [4.78, 5) is 54.1. The molecule has 0 aromatic heterocycles. The Kier molecular flexibility index (Phi) is 4.88. The van der Waals surface area contributed by atoms with Crippen LogP contribution in [0.3, 0.4) is 0 Å². The lowest BCUT2D eigenvalue weighted by atomic mass is 9.75. The summed E-state index contributed by atoms with van der Waals surface area (Å²) in [6.07, 6.45) is 0.268. The number of hydrogen-bond donors (Lipinski definition) is 3. The van der Waals surface area contributed by atoms with Crippen molar-refractivity contribution in [3.05, 3.63) is 52.6 Å². The van der Waals surface area contributed by atoms with Gasteiger partial charge in [-0.25, -0.2) is 0 Å². The number of nitrogens with two attached hydrogens (primary N) is 1. The van der Waals surface area contributed by atoms with Crippen LogP contribution in [0.25, 0.3) is 0 Å². The van der Waals surface area contributed by atoms with Gasteiger partial charge in [-0.1, -0.05) is 23.8 Å². The van der Waals surface area contributed by atoms with Crippen LogP contribution in [0.2, 0.25) is 0 Å². The van der Waals surface area contributed by atoms with E-state index in [4.69, 9.17) is 15.2 Å². The molecule has 10 heteroatoms. The third-order valence-electron chi connectivity index (χ3n) is 7.74. The Hall–Kier alpha value is -3.92. The van der Waals surface area contributed by atoms with E-state index in [1.54, 1.807) is 18.2 Å². The predicted molar refractivity (Wildman–Crippen MR) is 127 cm³/mol. The number of aryl methyl sites for hydroxylation is 2. The average molecular weight is 491 g/mol. The van der Waals surface area contributed by atoms with E-state index >= 15 is 0 Å². The number of carbonyl (C=O) groups excluding carboxylic acids is 4. The maximum absolute atomic E-state index is 13.9. The number of amides is 4. The van der Waals surface area contributed by atoms with Gasteiger partial charge in [0.2, 0.25) is 30.4 Å². The summed E-state index contributed by atoms with van der Waals surface area (Å²) in [5, 5.41) is 6.29. The maximum Gasteiger partial charge on any atom is 0.250 e. The van der Waals surface area contributed by atoms with Crippen LogP contribution in [0, 0.1) is 25.7 Å². The minimum absolute atomic E-state index is 0.0297. The molecule has 4 aliphatic rings.